The smallest absolute Gasteiger partial charge is 0.164 e. The zero-order valence-corrected chi connectivity index (χ0v) is 29.3. The molecule has 244 valence electrons. The summed E-state index contributed by atoms with van der Waals surface area (Å²) in [4.78, 5) is 20.2. The molecule has 0 unspecified atom stereocenters. The first-order valence-corrected chi connectivity index (χ1v) is 17.0. The van der Waals surface area contributed by atoms with E-state index in [1.165, 1.54) is 21.5 Å². The summed E-state index contributed by atoms with van der Waals surface area (Å²) < 4.78 is 0. The minimum absolute atomic E-state index is 0.178. The van der Waals surface area contributed by atoms with Gasteiger partial charge in [0.15, 0.2) is 17.5 Å². The Labute approximate surface area is 294 Å². The van der Waals surface area contributed by atoms with Crippen molar-refractivity contribution in [2.75, 3.05) is 0 Å². The van der Waals surface area contributed by atoms with Gasteiger partial charge in [-0.15, -0.1) is 0 Å². The Kier molecular flexibility index (Phi) is 8.78. The van der Waals surface area contributed by atoms with E-state index in [0.29, 0.717) is 17.5 Å². The number of benzene rings is 5. The normalized spacial score (nSPS) is 12.4. The molecule has 2 heterocycles. The van der Waals surface area contributed by atoms with Crippen molar-refractivity contribution in [1.82, 2.24) is 19.9 Å². The van der Waals surface area contributed by atoms with Crippen LogP contribution in [0.15, 0.2) is 146 Å². The van der Waals surface area contributed by atoms with Crippen LogP contribution in [0.1, 0.15) is 56.0 Å². The Balaban J connectivity index is 1.48. The van der Waals surface area contributed by atoms with E-state index in [1.54, 1.807) is 0 Å². The predicted octanol–water partition coefficient (Wildman–Crippen LogP) is 11.7. The van der Waals surface area contributed by atoms with Crippen molar-refractivity contribution in [3.8, 4) is 22.8 Å². The number of pyridine rings is 1. The molecule has 0 bridgehead atoms. The third-order valence-corrected chi connectivity index (χ3v) is 8.94. The fourth-order valence-corrected chi connectivity index (χ4v) is 6.45. The van der Waals surface area contributed by atoms with Gasteiger partial charge in [-0.2, -0.15) is 0 Å². The maximum Gasteiger partial charge on any atom is 0.164 e. The molecular formula is C46H40N4. The fraction of sp³-hybridized carbons (Fsp3) is 0.130. The number of nitrogens with zero attached hydrogens (tertiary/aromatic N) is 4. The van der Waals surface area contributed by atoms with Crippen molar-refractivity contribution >= 4 is 38.3 Å². The van der Waals surface area contributed by atoms with Gasteiger partial charge in [0, 0.05) is 33.4 Å². The Morgan fingerprint density at radius 3 is 1.76 bits per heavy atom. The molecule has 0 aliphatic rings. The summed E-state index contributed by atoms with van der Waals surface area (Å²) in [5.74, 6) is 1.79. The lowest BCUT2D eigenvalue weighted by atomic mass is 9.85. The van der Waals surface area contributed by atoms with Gasteiger partial charge in [0.05, 0.1) is 5.69 Å². The van der Waals surface area contributed by atoms with Gasteiger partial charge in [-0.25, -0.2) is 15.0 Å². The SMILES string of the molecule is C=C(/C=C(\C=C(/C)c1cc2ccccc2c2ccccc12)c1nc(-c2ccccc2)nc(-c2ccccc2)n1)c1ccc(C)nc1C(C)(C)C. The average molecular weight is 649 g/mol. The van der Waals surface area contributed by atoms with Crippen molar-refractivity contribution in [2.45, 2.75) is 40.0 Å². The molecule has 0 saturated carbocycles. The van der Waals surface area contributed by atoms with E-state index >= 15 is 0 Å². The predicted molar refractivity (Wildman–Crippen MR) is 210 cm³/mol. The van der Waals surface area contributed by atoms with Crippen molar-refractivity contribution in [3.05, 3.63) is 174 Å². The first-order valence-electron chi connectivity index (χ1n) is 17.0. The highest BCUT2D eigenvalue weighted by Gasteiger charge is 2.22. The molecule has 4 heteroatoms. The Hall–Kier alpha value is -6.00. The van der Waals surface area contributed by atoms with Gasteiger partial charge >= 0.3 is 0 Å². The third kappa shape index (κ3) is 6.65. The van der Waals surface area contributed by atoms with Crippen LogP contribution in [0.3, 0.4) is 0 Å². The lowest BCUT2D eigenvalue weighted by Gasteiger charge is -2.22. The molecule has 4 nitrogen and oxygen atoms in total. The summed E-state index contributed by atoms with van der Waals surface area (Å²) in [5.41, 5.74) is 8.57. The van der Waals surface area contributed by atoms with Crippen LogP contribution < -0.4 is 0 Å². The molecular weight excluding hydrogens is 609 g/mol. The molecule has 0 atom stereocenters. The highest BCUT2D eigenvalue weighted by Crippen LogP contribution is 2.36. The molecule has 0 aliphatic heterocycles. The zero-order chi connectivity index (χ0) is 34.8. The van der Waals surface area contributed by atoms with E-state index in [4.69, 9.17) is 19.9 Å². The Morgan fingerprint density at radius 2 is 1.14 bits per heavy atom. The number of aromatic nitrogens is 4. The zero-order valence-electron chi connectivity index (χ0n) is 29.3. The molecule has 7 aromatic rings. The van der Waals surface area contributed by atoms with E-state index in [-0.39, 0.29) is 5.41 Å². The second-order valence-corrected chi connectivity index (χ2v) is 13.8. The molecule has 0 saturated heterocycles. The van der Waals surface area contributed by atoms with Gasteiger partial charge in [0.1, 0.15) is 0 Å². The topological polar surface area (TPSA) is 51.6 Å². The van der Waals surface area contributed by atoms with Gasteiger partial charge in [-0.1, -0.05) is 143 Å². The van der Waals surface area contributed by atoms with E-state index in [2.05, 4.69) is 113 Å². The van der Waals surface area contributed by atoms with Crippen molar-refractivity contribution in [3.63, 3.8) is 0 Å². The molecule has 0 N–H and O–H groups in total. The van der Waals surface area contributed by atoms with Crippen LogP contribution in [0.2, 0.25) is 0 Å². The molecule has 0 amide bonds. The van der Waals surface area contributed by atoms with E-state index in [0.717, 1.165) is 50.4 Å². The largest absolute Gasteiger partial charge is 0.257 e. The lowest BCUT2D eigenvalue weighted by Crippen LogP contribution is -2.16. The third-order valence-electron chi connectivity index (χ3n) is 8.94. The molecule has 2 aromatic heterocycles. The van der Waals surface area contributed by atoms with Crippen LogP contribution >= 0.6 is 0 Å². The first-order chi connectivity index (χ1) is 24.2. The summed E-state index contributed by atoms with van der Waals surface area (Å²) in [6.07, 6.45) is 4.30. The standard InChI is InChI=1S/C46H40N4/c1-30(37-26-25-32(3)47-42(37)46(4,5)6)27-36(28-31(2)41-29-35-21-13-14-22-38(35)39-23-15-16-24-40(39)41)45-49-43(33-17-9-7-10-18-33)48-44(50-45)34-19-11-8-12-20-34/h7-29H,1H2,2-6H3/b31-28+,36-27+. The highest BCUT2D eigenvalue weighted by molar-refractivity contribution is 6.12. The molecule has 0 aliphatic carbocycles. The second-order valence-electron chi connectivity index (χ2n) is 13.8. The highest BCUT2D eigenvalue weighted by atomic mass is 15.0. The van der Waals surface area contributed by atoms with Crippen LogP contribution in [0.4, 0.5) is 0 Å². The van der Waals surface area contributed by atoms with Gasteiger partial charge < -0.3 is 0 Å². The Bertz CT molecular complexity index is 2370. The maximum absolute atomic E-state index is 5.13. The molecule has 50 heavy (non-hydrogen) atoms. The van der Waals surface area contributed by atoms with E-state index in [1.807, 2.05) is 67.6 Å². The van der Waals surface area contributed by atoms with Crippen LogP contribution in [-0.4, -0.2) is 19.9 Å². The van der Waals surface area contributed by atoms with Crippen LogP contribution in [0, 0.1) is 6.92 Å². The molecule has 7 rings (SSSR count). The number of fused-ring (bicyclic) bond motifs is 3. The minimum Gasteiger partial charge on any atom is -0.257 e. The number of hydrogen-bond donors (Lipinski definition) is 0. The van der Waals surface area contributed by atoms with Crippen molar-refractivity contribution < 1.29 is 0 Å². The van der Waals surface area contributed by atoms with Gasteiger partial charge in [-0.05, 0) is 76.4 Å². The number of aryl methyl sites for hydroxylation is 1. The maximum atomic E-state index is 5.13. The number of allylic oxidation sites excluding steroid dienone is 5. The van der Waals surface area contributed by atoms with Crippen molar-refractivity contribution in [1.29, 1.82) is 0 Å². The summed E-state index contributed by atoms with van der Waals surface area (Å²) in [6, 6.07) is 43.8. The summed E-state index contributed by atoms with van der Waals surface area (Å²) in [7, 11) is 0. The van der Waals surface area contributed by atoms with Crippen LogP contribution in [0.5, 0.6) is 0 Å². The fourth-order valence-electron chi connectivity index (χ4n) is 6.45. The minimum atomic E-state index is -0.178. The Morgan fingerprint density at radius 1 is 0.580 bits per heavy atom. The summed E-state index contributed by atoms with van der Waals surface area (Å²) >= 11 is 0. The summed E-state index contributed by atoms with van der Waals surface area (Å²) in [5, 5.41) is 4.85. The number of hydrogen-bond acceptors (Lipinski definition) is 4. The number of rotatable bonds is 7. The second kappa shape index (κ2) is 13.5. The summed E-state index contributed by atoms with van der Waals surface area (Å²) in [6.45, 7) is 15.4. The first kappa shape index (κ1) is 32.5. The average Bonchev–Trinajstić information content (AvgIpc) is 3.14. The quantitative estimate of drug-likeness (QED) is 0.127. The monoisotopic (exact) mass is 648 g/mol. The van der Waals surface area contributed by atoms with Crippen molar-refractivity contribution in [2.24, 2.45) is 0 Å². The molecule has 0 radical (unpaired) electrons. The van der Waals surface area contributed by atoms with Gasteiger partial charge in [0.25, 0.3) is 0 Å². The lowest BCUT2D eigenvalue weighted by molar-refractivity contribution is 0.565. The van der Waals surface area contributed by atoms with Crippen LogP contribution in [0.25, 0.3) is 61.0 Å². The molecule has 0 fully saturated rings. The van der Waals surface area contributed by atoms with Gasteiger partial charge in [-0.3, -0.25) is 4.98 Å². The molecule has 5 aromatic carbocycles. The van der Waals surface area contributed by atoms with Crippen LogP contribution in [-0.2, 0) is 5.41 Å². The van der Waals surface area contributed by atoms with Gasteiger partial charge in [0.2, 0.25) is 0 Å². The van der Waals surface area contributed by atoms with E-state index in [9.17, 15) is 0 Å². The molecule has 0 spiro atoms. The van der Waals surface area contributed by atoms with E-state index < -0.39 is 0 Å².